The number of allylic oxidation sites excluding steroid dienone is 2. The molecule has 2 N–H and O–H groups in total. The normalized spacial score (nSPS) is 15.2. The molecule has 44 heavy (non-hydrogen) atoms. The first-order valence-electron chi connectivity index (χ1n) is 18.4. The zero-order chi connectivity index (χ0) is 33.1. The lowest BCUT2D eigenvalue weighted by atomic mass is 9.91. The highest BCUT2D eigenvalue weighted by Gasteiger charge is 2.54. The number of aliphatic carboxylic acids is 3. The second kappa shape index (κ2) is 27.4. The first kappa shape index (κ1) is 42.1. The molecule has 0 fully saturated rings. The number of hydrogen-bond acceptors (Lipinski definition) is 4. The van der Waals surface area contributed by atoms with E-state index >= 15 is 0 Å². The van der Waals surface area contributed by atoms with Gasteiger partial charge in [0.25, 0.3) is 0 Å². The quantitative estimate of drug-likeness (QED) is 0.0439. The maximum Gasteiger partial charge on any atom is 0.362 e. The van der Waals surface area contributed by atoms with Crippen LogP contribution in [0.15, 0.2) is 12.2 Å². The van der Waals surface area contributed by atoms with E-state index in [9.17, 15) is 29.7 Å². The average molecular weight is 624 g/mol. The third kappa shape index (κ3) is 17.0. The molecule has 0 saturated carbocycles. The summed E-state index contributed by atoms with van der Waals surface area (Å²) in [5, 5.41) is 33.0. The molecular formula is C37H69NO6. The van der Waals surface area contributed by atoms with Crippen molar-refractivity contribution in [1.29, 1.82) is 0 Å². The molecule has 0 amide bonds. The SMILES string of the molecule is CCCCCCCC/C=C/CCCCCCCCCCCC[N+](C(CCC)C(=O)[O-])(C(CCC)C(=O)O)C(CCC)C(=O)O. The van der Waals surface area contributed by atoms with Crippen LogP contribution in [0.1, 0.15) is 182 Å². The number of unbranched alkanes of at least 4 members (excludes halogenated alkanes) is 16. The third-order valence-electron chi connectivity index (χ3n) is 9.33. The van der Waals surface area contributed by atoms with E-state index in [0.29, 0.717) is 25.7 Å². The van der Waals surface area contributed by atoms with E-state index in [2.05, 4.69) is 19.1 Å². The summed E-state index contributed by atoms with van der Waals surface area (Å²) in [6.45, 7) is 8.07. The van der Waals surface area contributed by atoms with Crippen LogP contribution in [-0.2, 0) is 14.4 Å². The smallest absolute Gasteiger partial charge is 0.362 e. The van der Waals surface area contributed by atoms with Gasteiger partial charge in [-0.25, -0.2) is 9.59 Å². The Morgan fingerprint density at radius 3 is 1.20 bits per heavy atom. The minimum atomic E-state index is -1.33. The number of carbonyl (C=O) groups is 3. The number of quaternary nitrogens is 1. The predicted octanol–water partition coefficient (Wildman–Crippen LogP) is 8.83. The third-order valence-corrected chi connectivity index (χ3v) is 9.33. The second-order valence-corrected chi connectivity index (χ2v) is 13.0. The van der Waals surface area contributed by atoms with Crippen LogP contribution in [-0.4, -0.2) is 57.3 Å². The molecule has 258 valence electrons. The van der Waals surface area contributed by atoms with Crippen LogP contribution in [0.2, 0.25) is 0 Å². The van der Waals surface area contributed by atoms with Gasteiger partial charge in [0.2, 0.25) is 0 Å². The van der Waals surface area contributed by atoms with Crippen LogP contribution < -0.4 is 5.11 Å². The van der Waals surface area contributed by atoms with Gasteiger partial charge in [-0.1, -0.05) is 123 Å². The van der Waals surface area contributed by atoms with E-state index in [4.69, 9.17) is 0 Å². The lowest BCUT2D eigenvalue weighted by Gasteiger charge is -2.52. The van der Waals surface area contributed by atoms with E-state index in [0.717, 1.165) is 25.7 Å². The summed E-state index contributed by atoms with van der Waals surface area (Å²) < 4.78 is -0.434. The highest BCUT2D eigenvalue weighted by atomic mass is 16.4. The molecular weight excluding hydrogens is 554 g/mol. The van der Waals surface area contributed by atoms with E-state index in [1.165, 1.54) is 83.5 Å². The lowest BCUT2D eigenvalue weighted by molar-refractivity contribution is -0.975. The molecule has 7 heteroatoms. The maximum atomic E-state index is 12.6. The fourth-order valence-corrected chi connectivity index (χ4v) is 6.97. The first-order chi connectivity index (χ1) is 21.2. The summed E-state index contributed by atoms with van der Waals surface area (Å²) in [4.78, 5) is 37.7. The number of hydrogen-bond donors (Lipinski definition) is 2. The Morgan fingerprint density at radius 2 is 0.864 bits per heavy atom. The van der Waals surface area contributed by atoms with Crippen LogP contribution in [0.4, 0.5) is 0 Å². The molecule has 0 aromatic rings. The van der Waals surface area contributed by atoms with Gasteiger partial charge in [0, 0.05) is 19.3 Å². The van der Waals surface area contributed by atoms with E-state index in [1.807, 2.05) is 20.8 Å². The minimum absolute atomic E-state index is 0.207. The Kier molecular flexibility index (Phi) is 26.2. The van der Waals surface area contributed by atoms with Crippen molar-refractivity contribution in [2.24, 2.45) is 0 Å². The Morgan fingerprint density at radius 1 is 0.523 bits per heavy atom. The number of nitrogens with zero attached hydrogens (tertiary/aromatic N) is 1. The molecule has 0 bridgehead atoms. The van der Waals surface area contributed by atoms with Crippen molar-refractivity contribution in [3.05, 3.63) is 12.2 Å². The number of carboxylic acid groups (broad SMARTS) is 3. The molecule has 0 aromatic heterocycles. The van der Waals surface area contributed by atoms with Crippen molar-refractivity contribution in [3.8, 4) is 0 Å². The van der Waals surface area contributed by atoms with Gasteiger partial charge in [-0.15, -0.1) is 0 Å². The summed E-state index contributed by atoms with van der Waals surface area (Å²) in [5.74, 6) is -3.55. The topological polar surface area (TPSA) is 115 Å². The monoisotopic (exact) mass is 624 g/mol. The Bertz CT molecular complexity index is 707. The molecule has 0 aliphatic carbocycles. The van der Waals surface area contributed by atoms with Gasteiger partial charge in [0.1, 0.15) is 6.04 Å². The van der Waals surface area contributed by atoms with E-state index < -0.39 is 40.5 Å². The van der Waals surface area contributed by atoms with Crippen molar-refractivity contribution >= 4 is 17.9 Å². The molecule has 3 unspecified atom stereocenters. The van der Waals surface area contributed by atoms with Gasteiger partial charge in [-0.3, -0.25) is 4.48 Å². The van der Waals surface area contributed by atoms with Crippen LogP contribution in [0.3, 0.4) is 0 Å². The fraction of sp³-hybridized carbons (Fsp3) is 0.865. The molecule has 0 spiro atoms. The van der Waals surface area contributed by atoms with Gasteiger partial charge in [-0.05, 0) is 51.4 Å². The lowest BCUT2D eigenvalue weighted by Crippen LogP contribution is -2.74. The molecule has 0 aromatic carbocycles. The highest BCUT2D eigenvalue weighted by molar-refractivity contribution is 5.77. The highest BCUT2D eigenvalue weighted by Crippen LogP contribution is 2.34. The molecule has 0 radical (unpaired) electrons. The molecule has 0 rings (SSSR count). The van der Waals surface area contributed by atoms with E-state index in [1.54, 1.807) is 0 Å². The Labute approximate surface area is 270 Å². The van der Waals surface area contributed by atoms with Crippen molar-refractivity contribution < 1.29 is 34.2 Å². The second-order valence-electron chi connectivity index (χ2n) is 13.0. The summed E-state index contributed by atoms with van der Waals surface area (Å²) >= 11 is 0. The molecule has 0 saturated heterocycles. The van der Waals surface area contributed by atoms with Gasteiger partial charge < -0.3 is 20.1 Å². The zero-order valence-electron chi connectivity index (χ0n) is 29.0. The average Bonchev–Trinajstić information content (AvgIpc) is 2.98. The Hall–Kier alpha value is -1.89. The van der Waals surface area contributed by atoms with E-state index in [-0.39, 0.29) is 25.8 Å². The number of carboxylic acids is 3. The maximum absolute atomic E-state index is 12.6. The fourth-order valence-electron chi connectivity index (χ4n) is 6.97. The van der Waals surface area contributed by atoms with Crippen LogP contribution in [0.25, 0.3) is 0 Å². The molecule has 3 atom stereocenters. The summed E-state index contributed by atoms with van der Waals surface area (Å²) in [5.41, 5.74) is 0. The largest absolute Gasteiger partial charge is 0.544 e. The predicted molar refractivity (Wildman–Crippen MR) is 179 cm³/mol. The molecule has 7 nitrogen and oxygen atoms in total. The first-order valence-corrected chi connectivity index (χ1v) is 18.4. The van der Waals surface area contributed by atoms with Gasteiger partial charge >= 0.3 is 11.9 Å². The molecule has 0 aliphatic rings. The summed E-state index contributed by atoms with van der Waals surface area (Å²) in [7, 11) is 0. The van der Waals surface area contributed by atoms with Gasteiger partial charge in [0.05, 0.1) is 12.5 Å². The summed E-state index contributed by atoms with van der Waals surface area (Å²) in [6, 6.07) is -3.33. The van der Waals surface area contributed by atoms with Gasteiger partial charge in [-0.2, -0.15) is 0 Å². The van der Waals surface area contributed by atoms with Crippen LogP contribution in [0, 0.1) is 0 Å². The van der Waals surface area contributed by atoms with Crippen molar-refractivity contribution in [1.82, 2.24) is 0 Å². The standard InChI is InChI=1S/C37H69NO6/c1-5-9-10-11-12-13-14-15-16-17-18-19-20-21-22-23-24-25-26-27-31-38(32(28-6-2)35(39)40,33(29-7-3)36(41)42)34(30-8-4)37(43)44/h15-16,32-34H,5-14,17-31H2,1-4H3,(H2-,39,40,41,42,43,44)/b16-15+. The minimum Gasteiger partial charge on any atom is -0.544 e. The van der Waals surface area contributed by atoms with Crippen molar-refractivity contribution in [2.45, 2.75) is 200 Å². The number of carbonyl (C=O) groups excluding carboxylic acids is 1. The molecule has 0 heterocycles. The van der Waals surface area contributed by atoms with Crippen LogP contribution >= 0.6 is 0 Å². The summed E-state index contributed by atoms with van der Waals surface area (Å²) in [6.07, 6.45) is 28.5. The molecule has 0 aliphatic heterocycles. The number of rotatable bonds is 32. The Balaban J connectivity index is 4.75. The van der Waals surface area contributed by atoms with Crippen molar-refractivity contribution in [2.75, 3.05) is 6.54 Å². The van der Waals surface area contributed by atoms with Crippen LogP contribution in [0.5, 0.6) is 0 Å². The van der Waals surface area contributed by atoms with Crippen molar-refractivity contribution in [3.63, 3.8) is 0 Å². The van der Waals surface area contributed by atoms with Gasteiger partial charge in [0.15, 0.2) is 12.1 Å². The zero-order valence-corrected chi connectivity index (χ0v) is 29.0.